The number of piperidine rings is 1. The molecule has 0 saturated carbocycles. The molecule has 4 nitrogen and oxygen atoms in total. The van der Waals surface area contributed by atoms with Gasteiger partial charge in [0.05, 0.1) is 6.10 Å². The lowest BCUT2D eigenvalue weighted by Crippen LogP contribution is -2.46. The van der Waals surface area contributed by atoms with E-state index in [0.717, 1.165) is 11.3 Å². The molecule has 114 valence electrons. The number of ether oxygens (including phenoxy) is 1. The number of hydrogen-bond acceptors (Lipinski definition) is 3. The molecule has 0 aromatic heterocycles. The van der Waals surface area contributed by atoms with Crippen molar-refractivity contribution in [2.24, 2.45) is 11.8 Å². The fraction of sp³-hybridized carbons (Fsp3) is 0.529. The van der Waals surface area contributed by atoms with Crippen LogP contribution in [0.4, 0.5) is 0 Å². The lowest BCUT2D eigenvalue weighted by molar-refractivity contribution is -0.138. The maximum absolute atomic E-state index is 12.1. The number of amides is 2. The van der Waals surface area contributed by atoms with E-state index in [1.54, 1.807) is 0 Å². The Bertz CT molecular complexity index is 537. The lowest BCUT2D eigenvalue weighted by Gasteiger charge is -2.33. The van der Waals surface area contributed by atoms with Crippen LogP contribution in [0.25, 0.3) is 0 Å². The zero-order chi connectivity index (χ0) is 15.6. The molecule has 1 aliphatic heterocycles. The number of nitrogens with one attached hydrogen (secondary N) is 1. The van der Waals surface area contributed by atoms with Crippen LogP contribution in [0.2, 0.25) is 0 Å². The minimum absolute atomic E-state index is 0.0815. The number of hydrogen-bond donors (Lipinski definition) is 1. The van der Waals surface area contributed by atoms with E-state index in [1.165, 1.54) is 0 Å². The molecule has 1 aliphatic rings. The molecule has 21 heavy (non-hydrogen) atoms. The first kappa shape index (κ1) is 15.5. The van der Waals surface area contributed by atoms with Gasteiger partial charge in [-0.2, -0.15) is 0 Å². The summed E-state index contributed by atoms with van der Waals surface area (Å²) in [6.07, 6.45) is 0.442. The van der Waals surface area contributed by atoms with Gasteiger partial charge < -0.3 is 4.74 Å². The number of benzene rings is 1. The van der Waals surface area contributed by atoms with Gasteiger partial charge in [0.1, 0.15) is 5.75 Å². The smallest absolute Gasteiger partial charge is 0.230 e. The molecule has 4 heteroatoms. The molecule has 1 saturated heterocycles. The average molecular weight is 289 g/mol. The Hall–Kier alpha value is -1.84. The molecule has 2 atom stereocenters. The van der Waals surface area contributed by atoms with Crippen LogP contribution in [-0.4, -0.2) is 17.9 Å². The van der Waals surface area contributed by atoms with Crippen molar-refractivity contribution in [3.05, 3.63) is 29.8 Å². The van der Waals surface area contributed by atoms with Crippen LogP contribution < -0.4 is 10.1 Å². The summed E-state index contributed by atoms with van der Waals surface area (Å²) in [5.74, 6) is 0.332. The molecular formula is C17H23NO3. The number of imide groups is 1. The van der Waals surface area contributed by atoms with Crippen molar-refractivity contribution in [1.29, 1.82) is 0 Å². The first-order valence-electron chi connectivity index (χ1n) is 7.48. The van der Waals surface area contributed by atoms with E-state index in [0.29, 0.717) is 6.42 Å². The van der Waals surface area contributed by atoms with Crippen molar-refractivity contribution >= 4 is 11.8 Å². The Morgan fingerprint density at radius 1 is 1.19 bits per heavy atom. The second-order valence-electron chi connectivity index (χ2n) is 6.23. The van der Waals surface area contributed by atoms with Crippen LogP contribution in [-0.2, 0) is 9.59 Å². The third-order valence-electron chi connectivity index (χ3n) is 3.78. The predicted molar refractivity (Wildman–Crippen MR) is 81.0 cm³/mol. The van der Waals surface area contributed by atoms with Gasteiger partial charge in [-0.25, -0.2) is 0 Å². The second-order valence-corrected chi connectivity index (χ2v) is 6.23. The van der Waals surface area contributed by atoms with Crippen molar-refractivity contribution in [3.63, 3.8) is 0 Å². The Kier molecular flexibility index (Phi) is 4.66. The Balaban J connectivity index is 2.32. The normalized spacial score (nSPS) is 22.6. The van der Waals surface area contributed by atoms with Crippen molar-refractivity contribution in [2.45, 2.75) is 46.1 Å². The molecule has 0 bridgehead atoms. The van der Waals surface area contributed by atoms with Crippen LogP contribution in [0.5, 0.6) is 5.75 Å². The van der Waals surface area contributed by atoms with E-state index in [4.69, 9.17) is 4.74 Å². The van der Waals surface area contributed by atoms with Gasteiger partial charge in [-0.1, -0.05) is 26.0 Å². The standard InChI is InChI=1S/C17H23NO3/c1-10(2)16-14(9-15(19)18-17(16)20)12-6-5-7-13(8-12)21-11(3)4/h5-8,10-11,14,16H,9H2,1-4H3,(H,18,19,20). The van der Waals surface area contributed by atoms with Gasteiger partial charge in [-0.15, -0.1) is 0 Å². The molecule has 2 amide bonds. The molecular weight excluding hydrogens is 266 g/mol. The molecule has 0 aliphatic carbocycles. The van der Waals surface area contributed by atoms with E-state index in [1.807, 2.05) is 52.0 Å². The average Bonchev–Trinajstić information content (AvgIpc) is 2.36. The molecule has 1 aromatic carbocycles. The largest absolute Gasteiger partial charge is 0.491 e. The van der Waals surface area contributed by atoms with Crippen LogP contribution >= 0.6 is 0 Å². The number of carbonyl (C=O) groups is 2. The topological polar surface area (TPSA) is 55.4 Å². The quantitative estimate of drug-likeness (QED) is 0.867. The van der Waals surface area contributed by atoms with Crippen molar-refractivity contribution < 1.29 is 14.3 Å². The Morgan fingerprint density at radius 3 is 2.52 bits per heavy atom. The summed E-state index contributed by atoms with van der Waals surface area (Å²) in [6.45, 7) is 7.98. The molecule has 1 aromatic rings. The maximum atomic E-state index is 12.1. The summed E-state index contributed by atoms with van der Waals surface area (Å²) in [6, 6.07) is 7.74. The monoisotopic (exact) mass is 289 g/mol. The van der Waals surface area contributed by atoms with Crippen molar-refractivity contribution in [1.82, 2.24) is 5.32 Å². The summed E-state index contributed by atoms with van der Waals surface area (Å²) in [5, 5.41) is 2.45. The summed E-state index contributed by atoms with van der Waals surface area (Å²) in [7, 11) is 0. The van der Waals surface area contributed by atoms with Gasteiger partial charge in [-0.3, -0.25) is 14.9 Å². The van der Waals surface area contributed by atoms with E-state index < -0.39 is 0 Å². The van der Waals surface area contributed by atoms with Gasteiger partial charge in [0.2, 0.25) is 11.8 Å². The fourth-order valence-electron chi connectivity index (χ4n) is 2.96. The minimum atomic E-state index is -0.197. The van der Waals surface area contributed by atoms with Crippen LogP contribution in [0.1, 0.15) is 45.6 Å². The maximum Gasteiger partial charge on any atom is 0.230 e. The van der Waals surface area contributed by atoms with Gasteiger partial charge in [0, 0.05) is 18.3 Å². The molecule has 1 fully saturated rings. The highest BCUT2D eigenvalue weighted by Crippen LogP contribution is 2.37. The summed E-state index contributed by atoms with van der Waals surface area (Å²) in [4.78, 5) is 23.9. The minimum Gasteiger partial charge on any atom is -0.491 e. The molecule has 0 radical (unpaired) electrons. The number of carbonyl (C=O) groups excluding carboxylic acids is 2. The van der Waals surface area contributed by atoms with E-state index in [2.05, 4.69) is 5.32 Å². The van der Waals surface area contributed by atoms with Crippen LogP contribution in [0, 0.1) is 11.8 Å². The summed E-state index contributed by atoms with van der Waals surface area (Å²) in [5.41, 5.74) is 0.995. The second kappa shape index (κ2) is 6.29. The van der Waals surface area contributed by atoms with Gasteiger partial charge in [0.15, 0.2) is 0 Å². The highest BCUT2D eigenvalue weighted by molar-refractivity contribution is 6.00. The Labute approximate surface area is 125 Å². The van der Waals surface area contributed by atoms with E-state index in [9.17, 15) is 9.59 Å². The molecule has 2 unspecified atom stereocenters. The summed E-state index contributed by atoms with van der Waals surface area (Å²) < 4.78 is 5.71. The third kappa shape index (κ3) is 3.63. The van der Waals surface area contributed by atoms with Crippen molar-refractivity contribution in [2.75, 3.05) is 0 Å². The summed E-state index contributed by atoms with van der Waals surface area (Å²) >= 11 is 0. The molecule has 0 spiro atoms. The van der Waals surface area contributed by atoms with E-state index >= 15 is 0 Å². The van der Waals surface area contributed by atoms with Gasteiger partial charge in [-0.05, 0) is 37.5 Å². The first-order chi connectivity index (χ1) is 9.88. The van der Waals surface area contributed by atoms with Crippen molar-refractivity contribution in [3.8, 4) is 5.75 Å². The van der Waals surface area contributed by atoms with Crippen LogP contribution in [0.15, 0.2) is 24.3 Å². The fourth-order valence-corrected chi connectivity index (χ4v) is 2.96. The highest BCUT2D eigenvalue weighted by Gasteiger charge is 2.38. The van der Waals surface area contributed by atoms with E-state index in [-0.39, 0.29) is 35.7 Å². The SMILES string of the molecule is CC(C)Oc1cccc(C2CC(=O)NC(=O)C2C(C)C)c1. The highest BCUT2D eigenvalue weighted by atomic mass is 16.5. The predicted octanol–water partition coefficient (Wildman–Crippen LogP) is 2.88. The van der Waals surface area contributed by atoms with Gasteiger partial charge >= 0.3 is 0 Å². The zero-order valence-corrected chi connectivity index (χ0v) is 13.1. The molecule has 1 N–H and O–H groups in total. The lowest BCUT2D eigenvalue weighted by atomic mass is 9.75. The molecule has 2 rings (SSSR count). The van der Waals surface area contributed by atoms with Crippen LogP contribution in [0.3, 0.4) is 0 Å². The number of rotatable bonds is 4. The Morgan fingerprint density at radius 2 is 1.90 bits per heavy atom. The molecule has 1 heterocycles. The zero-order valence-electron chi connectivity index (χ0n) is 13.1. The first-order valence-corrected chi connectivity index (χ1v) is 7.48. The third-order valence-corrected chi connectivity index (χ3v) is 3.78. The van der Waals surface area contributed by atoms with Gasteiger partial charge in [0.25, 0.3) is 0 Å².